The van der Waals surface area contributed by atoms with Crippen molar-refractivity contribution >= 4 is 10.8 Å². The van der Waals surface area contributed by atoms with E-state index in [4.69, 9.17) is 0 Å². The molecule has 0 radical (unpaired) electrons. The Labute approximate surface area is 99.3 Å². The maximum Gasteiger partial charge on any atom is 0.115 e. The highest BCUT2D eigenvalue weighted by Gasteiger charge is 2.15. The fraction of sp³-hybridized carbons (Fsp3) is 0.286. The van der Waals surface area contributed by atoms with E-state index in [0.29, 0.717) is 0 Å². The zero-order chi connectivity index (χ0) is 12.3. The third-order valence-corrected chi connectivity index (χ3v) is 2.86. The lowest BCUT2D eigenvalue weighted by Gasteiger charge is -2.15. The van der Waals surface area contributed by atoms with E-state index in [1.165, 1.54) is 0 Å². The van der Waals surface area contributed by atoms with Gasteiger partial charge in [0.25, 0.3) is 0 Å². The smallest absolute Gasteiger partial charge is 0.115 e. The predicted molar refractivity (Wildman–Crippen MR) is 65.5 cm³/mol. The van der Waals surface area contributed by atoms with Crippen LogP contribution in [0.2, 0.25) is 0 Å². The van der Waals surface area contributed by atoms with Crippen LogP contribution in [-0.2, 0) is 0 Å². The predicted octanol–water partition coefficient (Wildman–Crippen LogP) is 2.59. The summed E-state index contributed by atoms with van der Waals surface area (Å²) in [5.41, 5.74) is 0.732. The van der Waals surface area contributed by atoms with E-state index in [2.05, 4.69) is 0 Å². The number of aliphatic hydroxyl groups excluding tert-OH is 2. The van der Waals surface area contributed by atoms with Gasteiger partial charge in [-0.2, -0.15) is 0 Å². The molecule has 2 rings (SSSR count). The molecule has 0 heterocycles. The normalized spacial score (nSPS) is 14.8. The van der Waals surface area contributed by atoms with Gasteiger partial charge in [0, 0.05) is 6.42 Å². The van der Waals surface area contributed by atoms with Crippen molar-refractivity contribution in [3.8, 4) is 0 Å². The molecule has 0 saturated carbocycles. The Morgan fingerprint density at radius 1 is 1.00 bits per heavy atom. The minimum absolute atomic E-state index is 0.0184. The van der Waals surface area contributed by atoms with Crippen LogP contribution in [-0.4, -0.2) is 23.0 Å². The molecule has 0 aliphatic heterocycles. The molecule has 90 valence electrons. The first-order valence-electron chi connectivity index (χ1n) is 5.62. The van der Waals surface area contributed by atoms with E-state index in [0.717, 1.165) is 16.3 Å². The monoisotopic (exact) mass is 234 g/mol. The molecule has 0 aromatic heterocycles. The van der Waals surface area contributed by atoms with Gasteiger partial charge in [-0.05, 0) is 16.3 Å². The number of aliphatic hydroxyl groups is 2. The zero-order valence-electron chi connectivity index (χ0n) is 9.38. The van der Waals surface area contributed by atoms with Crippen molar-refractivity contribution in [1.82, 2.24) is 0 Å². The summed E-state index contributed by atoms with van der Waals surface area (Å²) in [7, 11) is 0. The number of halogens is 1. The SMILES string of the molecule is OC(CF)CC(O)c1cccc2ccccc12. The fourth-order valence-electron chi connectivity index (χ4n) is 1.99. The minimum atomic E-state index is -1.11. The van der Waals surface area contributed by atoms with Gasteiger partial charge in [-0.25, -0.2) is 4.39 Å². The largest absolute Gasteiger partial charge is 0.390 e. The highest BCUT2D eigenvalue weighted by atomic mass is 19.1. The first-order chi connectivity index (χ1) is 8.22. The highest BCUT2D eigenvalue weighted by molar-refractivity contribution is 5.85. The summed E-state index contributed by atoms with van der Waals surface area (Å²) in [5, 5.41) is 21.2. The summed E-state index contributed by atoms with van der Waals surface area (Å²) >= 11 is 0. The van der Waals surface area contributed by atoms with Crippen LogP contribution in [0, 0.1) is 0 Å². The van der Waals surface area contributed by atoms with Crippen molar-refractivity contribution in [3.05, 3.63) is 48.0 Å². The topological polar surface area (TPSA) is 40.5 Å². The molecule has 2 N–H and O–H groups in total. The number of rotatable bonds is 4. The molecule has 0 saturated heterocycles. The second-order valence-electron chi connectivity index (χ2n) is 4.13. The number of hydrogen-bond acceptors (Lipinski definition) is 2. The van der Waals surface area contributed by atoms with E-state index in [1.54, 1.807) is 6.07 Å². The first-order valence-corrected chi connectivity index (χ1v) is 5.62. The van der Waals surface area contributed by atoms with E-state index in [-0.39, 0.29) is 6.42 Å². The summed E-state index contributed by atoms with van der Waals surface area (Å²) in [5.74, 6) is 0. The molecule has 2 unspecified atom stereocenters. The van der Waals surface area contributed by atoms with Crippen LogP contribution in [0.4, 0.5) is 4.39 Å². The van der Waals surface area contributed by atoms with Crippen molar-refractivity contribution in [2.75, 3.05) is 6.67 Å². The molecule has 3 heteroatoms. The Morgan fingerprint density at radius 3 is 2.47 bits per heavy atom. The van der Waals surface area contributed by atoms with Crippen LogP contribution >= 0.6 is 0 Å². The Morgan fingerprint density at radius 2 is 1.71 bits per heavy atom. The first kappa shape index (κ1) is 12.0. The molecule has 0 aliphatic rings. The lowest BCUT2D eigenvalue weighted by molar-refractivity contribution is 0.0652. The summed E-state index contributed by atoms with van der Waals surface area (Å²) in [6, 6.07) is 13.3. The van der Waals surface area contributed by atoms with Crippen LogP contribution < -0.4 is 0 Å². The number of hydrogen-bond donors (Lipinski definition) is 2. The lowest BCUT2D eigenvalue weighted by atomic mass is 9.97. The molecule has 0 aliphatic carbocycles. The number of fused-ring (bicyclic) bond motifs is 1. The Balaban J connectivity index is 2.34. The van der Waals surface area contributed by atoms with Gasteiger partial charge in [0.15, 0.2) is 0 Å². The van der Waals surface area contributed by atoms with Gasteiger partial charge in [-0.15, -0.1) is 0 Å². The number of benzene rings is 2. The second kappa shape index (κ2) is 5.25. The van der Waals surface area contributed by atoms with Crippen molar-refractivity contribution in [3.63, 3.8) is 0 Å². The van der Waals surface area contributed by atoms with Gasteiger partial charge in [-0.3, -0.25) is 0 Å². The minimum Gasteiger partial charge on any atom is -0.390 e. The van der Waals surface area contributed by atoms with Gasteiger partial charge in [-0.1, -0.05) is 42.5 Å². The van der Waals surface area contributed by atoms with Crippen LogP contribution in [0.15, 0.2) is 42.5 Å². The molecule has 2 atom stereocenters. The van der Waals surface area contributed by atoms with Gasteiger partial charge in [0.05, 0.1) is 12.2 Å². The lowest BCUT2D eigenvalue weighted by Crippen LogP contribution is -2.14. The third-order valence-electron chi connectivity index (χ3n) is 2.86. The molecule has 0 fully saturated rings. The van der Waals surface area contributed by atoms with Crippen LogP contribution in [0.1, 0.15) is 18.1 Å². The van der Waals surface area contributed by atoms with E-state index < -0.39 is 18.9 Å². The van der Waals surface area contributed by atoms with E-state index >= 15 is 0 Å². The van der Waals surface area contributed by atoms with Crippen LogP contribution in [0.3, 0.4) is 0 Å². The second-order valence-corrected chi connectivity index (χ2v) is 4.13. The third kappa shape index (κ3) is 2.62. The summed E-state index contributed by atoms with van der Waals surface area (Å²) in [6.45, 7) is -0.832. The van der Waals surface area contributed by atoms with Crippen molar-refractivity contribution in [2.24, 2.45) is 0 Å². The Bertz CT molecular complexity index is 493. The molecule has 0 amide bonds. The summed E-state index contributed by atoms with van der Waals surface area (Å²) < 4.78 is 12.2. The standard InChI is InChI=1S/C14H15FO2/c15-9-11(16)8-14(17)13-7-3-5-10-4-1-2-6-12(10)13/h1-7,11,14,16-17H,8-9H2. The molecule has 2 aromatic carbocycles. The maximum absolute atomic E-state index is 12.2. The van der Waals surface area contributed by atoms with Crippen LogP contribution in [0.25, 0.3) is 10.8 Å². The van der Waals surface area contributed by atoms with E-state index in [9.17, 15) is 14.6 Å². The van der Waals surface area contributed by atoms with Gasteiger partial charge >= 0.3 is 0 Å². The number of alkyl halides is 1. The molecule has 0 bridgehead atoms. The zero-order valence-corrected chi connectivity index (χ0v) is 9.38. The fourth-order valence-corrected chi connectivity index (χ4v) is 1.99. The average Bonchev–Trinajstić information content (AvgIpc) is 2.37. The quantitative estimate of drug-likeness (QED) is 0.853. The van der Waals surface area contributed by atoms with Crippen molar-refractivity contribution < 1.29 is 14.6 Å². The Hall–Kier alpha value is -1.45. The van der Waals surface area contributed by atoms with Crippen LogP contribution in [0.5, 0.6) is 0 Å². The van der Waals surface area contributed by atoms with Crippen molar-refractivity contribution in [2.45, 2.75) is 18.6 Å². The molecular weight excluding hydrogens is 219 g/mol. The van der Waals surface area contributed by atoms with Gasteiger partial charge < -0.3 is 10.2 Å². The van der Waals surface area contributed by atoms with Crippen molar-refractivity contribution in [1.29, 1.82) is 0 Å². The molecule has 2 aromatic rings. The van der Waals surface area contributed by atoms with Gasteiger partial charge in [0.1, 0.15) is 6.67 Å². The molecular formula is C14H15FO2. The Kier molecular flexibility index (Phi) is 3.71. The average molecular weight is 234 g/mol. The molecule has 17 heavy (non-hydrogen) atoms. The maximum atomic E-state index is 12.2. The highest BCUT2D eigenvalue weighted by Crippen LogP contribution is 2.26. The van der Waals surface area contributed by atoms with Gasteiger partial charge in [0.2, 0.25) is 0 Å². The molecule has 0 spiro atoms. The molecule has 2 nitrogen and oxygen atoms in total. The van der Waals surface area contributed by atoms with E-state index in [1.807, 2.05) is 36.4 Å². The summed E-state index contributed by atoms with van der Waals surface area (Å²) in [4.78, 5) is 0. The summed E-state index contributed by atoms with van der Waals surface area (Å²) in [6.07, 6.45) is -1.93.